The molecule has 6 heteroatoms. The van der Waals surface area contributed by atoms with E-state index in [9.17, 15) is 9.59 Å². The lowest BCUT2D eigenvalue weighted by molar-refractivity contribution is -0.145. The van der Waals surface area contributed by atoms with E-state index in [0.717, 1.165) is 57.6 Å². The van der Waals surface area contributed by atoms with E-state index in [1.54, 1.807) is 11.8 Å². The molecular formula is C17H28N2O3S. The summed E-state index contributed by atoms with van der Waals surface area (Å²) in [6.07, 6.45) is 5.33. The van der Waals surface area contributed by atoms with Crippen molar-refractivity contribution >= 4 is 23.6 Å². The van der Waals surface area contributed by atoms with Gasteiger partial charge in [-0.2, -0.15) is 0 Å². The Balaban J connectivity index is 1.62. The summed E-state index contributed by atoms with van der Waals surface area (Å²) < 4.78 is 5.43. The van der Waals surface area contributed by atoms with Gasteiger partial charge in [0.05, 0.1) is 12.5 Å². The van der Waals surface area contributed by atoms with Gasteiger partial charge in [-0.05, 0) is 26.2 Å². The first kappa shape index (κ1) is 17.1. The zero-order valence-electron chi connectivity index (χ0n) is 14.0. The molecule has 2 heterocycles. The zero-order chi connectivity index (χ0) is 16.2. The van der Waals surface area contributed by atoms with Crippen LogP contribution in [0.1, 0.15) is 39.0 Å². The highest BCUT2D eigenvalue weighted by Gasteiger charge is 2.40. The zero-order valence-corrected chi connectivity index (χ0v) is 14.9. The molecule has 23 heavy (non-hydrogen) atoms. The molecule has 0 spiro atoms. The summed E-state index contributed by atoms with van der Waals surface area (Å²) in [6, 6.07) is -0.254. The Morgan fingerprint density at radius 3 is 2.70 bits per heavy atom. The minimum Gasteiger partial charge on any atom is -0.381 e. The second-order valence-electron chi connectivity index (χ2n) is 6.91. The van der Waals surface area contributed by atoms with Crippen LogP contribution in [0, 0.1) is 11.8 Å². The molecule has 2 aliphatic heterocycles. The Morgan fingerprint density at radius 1 is 1.26 bits per heavy atom. The van der Waals surface area contributed by atoms with E-state index in [2.05, 4.69) is 0 Å². The van der Waals surface area contributed by atoms with Gasteiger partial charge in [-0.1, -0.05) is 12.8 Å². The van der Waals surface area contributed by atoms with E-state index in [-0.39, 0.29) is 23.8 Å². The molecule has 2 atom stereocenters. The Bertz CT molecular complexity index is 434. The number of hydrogen-bond acceptors (Lipinski definition) is 4. The van der Waals surface area contributed by atoms with Crippen molar-refractivity contribution in [3.8, 4) is 0 Å². The highest BCUT2D eigenvalue weighted by atomic mass is 32.2. The van der Waals surface area contributed by atoms with Crippen LogP contribution in [0.15, 0.2) is 0 Å². The van der Waals surface area contributed by atoms with Crippen LogP contribution in [0.2, 0.25) is 0 Å². The summed E-state index contributed by atoms with van der Waals surface area (Å²) in [4.78, 5) is 29.5. The van der Waals surface area contributed by atoms with Crippen LogP contribution in [0.5, 0.6) is 0 Å². The molecule has 0 bridgehead atoms. The van der Waals surface area contributed by atoms with Crippen molar-refractivity contribution in [2.75, 3.05) is 37.9 Å². The van der Waals surface area contributed by atoms with Gasteiger partial charge in [0.25, 0.3) is 0 Å². The predicted octanol–water partition coefficient (Wildman–Crippen LogP) is 1.96. The van der Waals surface area contributed by atoms with Gasteiger partial charge in [-0.15, -0.1) is 11.8 Å². The summed E-state index contributed by atoms with van der Waals surface area (Å²) in [5, 5.41) is 0. The number of likely N-dealkylation sites (N-methyl/N-ethyl adjacent to an activating group) is 1. The van der Waals surface area contributed by atoms with Gasteiger partial charge in [0, 0.05) is 37.3 Å². The van der Waals surface area contributed by atoms with Gasteiger partial charge in [0.15, 0.2) is 0 Å². The second kappa shape index (κ2) is 7.88. The molecule has 1 saturated carbocycles. The first-order chi connectivity index (χ1) is 11.2. The fourth-order valence-corrected chi connectivity index (χ4v) is 5.05. The number of ether oxygens (including phenoxy) is 1. The van der Waals surface area contributed by atoms with E-state index in [4.69, 9.17) is 4.74 Å². The molecule has 3 rings (SSSR count). The quantitative estimate of drug-likeness (QED) is 0.768. The summed E-state index contributed by atoms with van der Waals surface area (Å²) in [5.74, 6) is 2.38. The third kappa shape index (κ3) is 3.85. The molecule has 0 aromatic carbocycles. The molecule has 1 aliphatic carbocycles. The molecule has 2 saturated heterocycles. The third-order valence-corrected chi connectivity index (χ3v) is 6.36. The minimum absolute atomic E-state index is 0.135. The molecule has 2 amide bonds. The summed E-state index contributed by atoms with van der Waals surface area (Å²) in [7, 11) is 0. The molecule has 0 unspecified atom stereocenters. The van der Waals surface area contributed by atoms with E-state index in [0.29, 0.717) is 18.3 Å². The van der Waals surface area contributed by atoms with Crippen LogP contribution in [0.3, 0.4) is 0 Å². The lowest BCUT2D eigenvalue weighted by Crippen LogP contribution is -2.51. The topological polar surface area (TPSA) is 49.9 Å². The lowest BCUT2D eigenvalue weighted by Gasteiger charge is -2.31. The number of amides is 2. The van der Waals surface area contributed by atoms with E-state index < -0.39 is 0 Å². The van der Waals surface area contributed by atoms with Crippen LogP contribution in [0.4, 0.5) is 0 Å². The lowest BCUT2D eigenvalue weighted by atomic mass is 10.1. The first-order valence-electron chi connectivity index (χ1n) is 8.95. The van der Waals surface area contributed by atoms with E-state index >= 15 is 0 Å². The molecule has 0 radical (unpaired) electrons. The standard InChI is InChI=1S/C17H28N2O3S/c1-2-18(9-13-7-8-22-10-13)17(21)15-11-23-12-19(15)16(20)14-5-3-4-6-14/h13-15H,2-12H2,1H3/t13-,15-/m0/s1. The largest absolute Gasteiger partial charge is 0.381 e. The number of carbonyl (C=O) groups excluding carboxylic acids is 2. The molecule has 5 nitrogen and oxygen atoms in total. The monoisotopic (exact) mass is 340 g/mol. The molecule has 130 valence electrons. The van der Waals surface area contributed by atoms with E-state index in [1.807, 2.05) is 16.7 Å². The number of hydrogen-bond donors (Lipinski definition) is 0. The molecule has 3 aliphatic rings. The Hall–Kier alpha value is -0.750. The van der Waals surface area contributed by atoms with Crippen molar-refractivity contribution in [3.05, 3.63) is 0 Å². The fraction of sp³-hybridized carbons (Fsp3) is 0.882. The maximum absolute atomic E-state index is 13.0. The van der Waals surface area contributed by atoms with Crippen molar-refractivity contribution < 1.29 is 14.3 Å². The average molecular weight is 340 g/mol. The molecule has 0 aromatic heterocycles. The van der Waals surface area contributed by atoms with Crippen molar-refractivity contribution in [2.24, 2.45) is 11.8 Å². The number of nitrogens with zero attached hydrogens (tertiary/aromatic N) is 2. The Kier molecular flexibility index (Phi) is 5.85. The molecule has 3 fully saturated rings. The van der Waals surface area contributed by atoms with Crippen molar-refractivity contribution in [1.82, 2.24) is 9.80 Å². The Labute approximate surface area is 143 Å². The van der Waals surface area contributed by atoms with Crippen LogP contribution in [0.25, 0.3) is 0 Å². The molecule has 0 N–H and O–H groups in total. The SMILES string of the molecule is CCN(C[C@@H]1CCOC1)C(=O)[C@@H]1CSCN1C(=O)C1CCCC1. The van der Waals surface area contributed by atoms with Crippen molar-refractivity contribution in [1.29, 1.82) is 0 Å². The summed E-state index contributed by atoms with van der Waals surface area (Å²) >= 11 is 1.71. The Morgan fingerprint density at radius 2 is 2.04 bits per heavy atom. The average Bonchev–Trinajstić information content (AvgIpc) is 3.33. The van der Waals surface area contributed by atoms with Crippen LogP contribution in [-0.2, 0) is 14.3 Å². The van der Waals surface area contributed by atoms with Gasteiger partial charge in [-0.25, -0.2) is 0 Å². The van der Waals surface area contributed by atoms with Crippen molar-refractivity contribution in [3.63, 3.8) is 0 Å². The highest BCUT2D eigenvalue weighted by molar-refractivity contribution is 7.99. The van der Waals surface area contributed by atoms with Gasteiger partial charge >= 0.3 is 0 Å². The number of carbonyl (C=O) groups is 2. The second-order valence-corrected chi connectivity index (χ2v) is 7.91. The summed E-state index contributed by atoms with van der Waals surface area (Å²) in [5.41, 5.74) is 0. The minimum atomic E-state index is -0.254. The van der Waals surface area contributed by atoms with Gasteiger partial charge in [-0.3, -0.25) is 9.59 Å². The van der Waals surface area contributed by atoms with E-state index in [1.165, 1.54) is 0 Å². The van der Waals surface area contributed by atoms with Crippen LogP contribution in [-0.4, -0.2) is 65.6 Å². The van der Waals surface area contributed by atoms with Gasteiger partial charge in [0.1, 0.15) is 6.04 Å². The van der Waals surface area contributed by atoms with Crippen LogP contribution < -0.4 is 0 Å². The highest BCUT2D eigenvalue weighted by Crippen LogP contribution is 2.31. The number of thioether (sulfide) groups is 1. The van der Waals surface area contributed by atoms with Crippen LogP contribution >= 0.6 is 11.8 Å². The van der Waals surface area contributed by atoms with Gasteiger partial charge in [0.2, 0.25) is 11.8 Å². The summed E-state index contributed by atoms with van der Waals surface area (Å²) in [6.45, 7) is 5.07. The maximum Gasteiger partial charge on any atom is 0.246 e. The molecule has 0 aromatic rings. The smallest absolute Gasteiger partial charge is 0.246 e. The fourth-order valence-electron chi connectivity index (χ4n) is 3.90. The third-order valence-electron chi connectivity index (χ3n) is 5.35. The first-order valence-corrected chi connectivity index (χ1v) is 10.1. The number of rotatable bonds is 5. The predicted molar refractivity (Wildman–Crippen MR) is 91.1 cm³/mol. The molecular weight excluding hydrogens is 312 g/mol. The van der Waals surface area contributed by atoms with Gasteiger partial charge < -0.3 is 14.5 Å². The van der Waals surface area contributed by atoms with Crippen molar-refractivity contribution in [2.45, 2.75) is 45.1 Å². The normalized spacial score (nSPS) is 28.5. The maximum atomic E-state index is 13.0.